The van der Waals surface area contributed by atoms with E-state index >= 15 is 0 Å². The van der Waals surface area contributed by atoms with Gasteiger partial charge in [0.2, 0.25) is 0 Å². The SMILES string of the molecule is CC(NCCC1CCCC1)C1CCCCC1. The van der Waals surface area contributed by atoms with E-state index in [-0.39, 0.29) is 0 Å². The molecule has 0 amide bonds. The van der Waals surface area contributed by atoms with Crippen molar-refractivity contribution in [3.05, 3.63) is 0 Å². The first-order chi connectivity index (χ1) is 7.86. The Hall–Kier alpha value is -0.0400. The first-order valence-corrected chi connectivity index (χ1v) is 7.59. The molecule has 1 N–H and O–H groups in total. The molecule has 0 spiro atoms. The third-order valence-corrected chi connectivity index (χ3v) is 4.85. The van der Waals surface area contributed by atoms with E-state index in [1.54, 1.807) is 0 Å². The van der Waals surface area contributed by atoms with Gasteiger partial charge in [-0.05, 0) is 44.6 Å². The Labute approximate surface area is 101 Å². The van der Waals surface area contributed by atoms with Crippen LogP contribution in [-0.2, 0) is 0 Å². The van der Waals surface area contributed by atoms with Gasteiger partial charge in [-0.25, -0.2) is 0 Å². The van der Waals surface area contributed by atoms with E-state index in [0.29, 0.717) is 0 Å². The van der Waals surface area contributed by atoms with Crippen LogP contribution in [0.1, 0.15) is 71.1 Å². The molecular formula is C15H29N. The summed E-state index contributed by atoms with van der Waals surface area (Å²) < 4.78 is 0. The highest BCUT2D eigenvalue weighted by atomic mass is 14.9. The molecule has 0 aliphatic heterocycles. The van der Waals surface area contributed by atoms with Crippen molar-refractivity contribution in [2.24, 2.45) is 11.8 Å². The molecule has 2 fully saturated rings. The molecule has 0 bridgehead atoms. The Morgan fingerprint density at radius 2 is 1.56 bits per heavy atom. The van der Waals surface area contributed by atoms with E-state index in [4.69, 9.17) is 0 Å². The molecule has 0 aromatic carbocycles. The third kappa shape index (κ3) is 3.76. The van der Waals surface area contributed by atoms with Crippen molar-refractivity contribution < 1.29 is 0 Å². The van der Waals surface area contributed by atoms with Crippen molar-refractivity contribution in [3.8, 4) is 0 Å². The molecule has 2 aliphatic rings. The number of nitrogens with one attached hydrogen (secondary N) is 1. The zero-order valence-electron chi connectivity index (χ0n) is 11.0. The molecule has 0 saturated heterocycles. The van der Waals surface area contributed by atoms with Gasteiger partial charge in [0.25, 0.3) is 0 Å². The topological polar surface area (TPSA) is 12.0 Å². The second kappa shape index (κ2) is 6.64. The fraction of sp³-hybridized carbons (Fsp3) is 1.00. The normalized spacial score (nSPS) is 26.1. The largest absolute Gasteiger partial charge is 0.314 e. The van der Waals surface area contributed by atoms with Crippen LogP contribution in [0.25, 0.3) is 0 Å². The molecule has 2 rings (SSSR count). The monoisotopic (exact) mass is 223 g/mol. The molecule has 0 aromatic heterocycles. The molecule has 2 saturated carbocycles. The van der Waals surface area contributed by atoms with E-state index in [1.165, 1.54) is 70.8 Å². The molecule has 1 heteroatoms. The fourth-order valence-electron chi connectivity index (χ4n) is 3.61. The lowest BCUT2D eigenvalue weighted by atomic mass is 9.84. The van der Waals surface area contributed by atoms with Crippen molar-refractivity contribution in [1.82, 2.24) is 5.32 Å². The summed E-state index contributed by atoms with van der Waals surface area (Å²) in [5, 5.41) is 3.78. The van der Waals surface area contributed by atoms with Crippen LogP contribution in [0.2, 0.25) is 0 Å². The Bertz CT molecular complexity index is 178. The molecule has 0 radical (unpaired) electrons. The average molecular weight is 223 g/mol. The first kappa shape index (κ1) is 12.4. The summed E-state index contributed by atoms with van der Waals surface area (Å²) in [6.07, 6.45) is 14.8. The van der Waals surface area contributed by atoms with Crippen LogP contribution in [0.3, 0.4) is 0 Å². The maximum absolute atomic E-state index is 3.78. The summed E-state index contributed by atoms with van der Waals surface area (Å²) in [4.78, 5) is 0. The summed E-state index contributed by atoms with van der Waals surface area (Å²) in [6, 6.07) is 0.765. The minimum Gasteiger partial charge on any atom is -0.314 e. The van der Waals surface area contributed by atoms with Gasteiger partial charge in [0.1, 0.15) is 0 Å². The van der Waals surface area contributed by atoms with Crippen LogP contribution in [0.4, 0.5) is 0 Å². The Morgan fingerprint density at radius 1 is 0.938 bits per heavy atom. The van der Waals surface area contributed by atoms with Gasteiger partial charge < -0.3 is 5.32 Å². The van der Waals surface area contributed by atoms with E-state index < -0.39 is 0 Å². The standard InChI is InChI=1S/C15H29N/c1-13(15-9-3-2-4-10-15)16-12-11-14-7-5-6-8-14/h13-16H,2-12H2,1H3. The lowest BCUT2D eigenvalue weighted by molar-refractivity contribution is 0.277. The van der Waals surface area contributed by atoms with Gasteiger partial charge in [-0.15, -0.1) is 0 Å². The molecule has 1 nitrogen and oxygen atoms in total. The number of hydrogen-bond donors (Lipinski definition) is 1. The van der Waals surface area contributed by atoms with Crippen molar-refractivity contribution in [1.29, 1.82) is 0 Å². The van der Waals surface area contributed by atoms with Crippen molar-refractivity contribution in [2.75, 3.05) is 6.54 Å². The number of rotatable bonds is 5. The van der Waals surface area contributed by atoms with Gasteiger partial charge >= 0.3 is 0 Å². The van der Waals surface area contributed by atoms with Crippen LogP contribution < -0.4 is 5.32 Å². The van der Waals surface area contributed by atoms with Crippen molar-refractivity contribution >= 4 is 0 Å². The smallest absolute Gasteiger partial charge is 0.00669 e. The predicted molar refractivity (Wildman–Crippen MR) is 70.6 cm³/mol. The van der Waals surface area contributed by atoms with Gasteiger partial charge in [0.05, 0.1) is 0 Å². The lowest BCUT2D eigenvalue weighted by Crippen LogP contribution is -2.35. The first-order valence-electron chi connectivity index (χ1n) is 7.59. The molecule has 1 unspecified atom stereocenters. The Morgan fingerprint density at radius 3 is 2.25 bits per heavy atom. The van der Waals surface area contributed by atoms with Crippen LogP contribution in [0.5, 0.6) is 0 Å². The maximum atomic E-state index is 3.78. The molecule has 16 heavy (non-hydrogen) atoms. The van der Waals surface area contributed by atoms with Gasteiger partial charge in [-0.3, -0.25) is 0 Å². The minimum absolute atomic E-state index is 0.765. The van der Waals surface area contributed by atoms with E-state index in [2.05, 4.69) is 12.2 Å². The van der Waals surface area contributed by atoms with Gasteiger partial charge in [-0.1, -0.05) is 44.9 Å². The Balaban J connectivity index is 1.57. The lowest BCUT2D eigenvalue weighted by Gasteiger charge is -2.28. The Kier molecular flexibility index (Phi) is 5.15. The summed E-state index contributed by atoms with van der Waals surface area (Å²) in [7, 11) is 0. The fourth-order valence-corrected chi connectivity index (χ4v) is 3.61. The quantitative estimate of drug-likeness (QED) is 0.739. The van der Waals surface area contributed by atoms with E-state index in [1.807, 2.05) is 0 Å². The maximum Gasteiger partial charge on any atom is 0.00669 e. The average Bonchev–Trinajstić information content (AvgIpc) is 2.83. The molecule has 94 valence electrons. The summed E-state index contributed by atoms with van der Waals surface area (Å²) in [5.41, 5.74) is 0. The van der Waals surface area contributed by atoms with Crippen molar-refractivity contribution in [3.63, 3.8) is 0 Å². The second-order valence-electron chi connectivity index (χ2n) is 6.08. The van der Waals surface area contributed by atoms with Crippen LogP contribution in [0, 0.1) is 11.8 Å². The zero-order valence-corrected chi connectivity index (χ0v) is 11.0. The zero-order chi connectivity index (χ0) is 11.2. The van der Waals surface area contributed by atoms with Crippen LogP contribution in [-0.4, -0.2) is 12.6 Å². The van der Waals surface area contributed by atoms with Crippen LogP contribution >= 0.6 is 0 Å². The minimum atomic E-state index is 0.765. The predicted octanol–water partition coefficient (Wildman–Crippen LogP) is 4.13. The van der Waals surface area contributed by atoms with Gasteiger partial charge in [-0.2, -0.15) is 0 Å². The highest BCUT2D eigenvalue weighted by molar-refractivity contribution is 4.76. The molecule has 0 heterocycles. The van der Waals surface area contributed by atoms with Crippen LogP contribution in [0.15, 0.2) is 0 Å². The van der Waals surface area contributed by atoms with Gasteiger partial charge in [0.15, 0.2) is 0 Å². The molecule has 1 atom stereocenters. The van der Waals surface area contributed by atoms with Crippen molar-refractivity contribution in [2.45, 2.75) is 77.2 Å². The highest BCUT2D eigenvalue weighted by Gasteiger charge is 2.20. The molecule has 0 aromatic rings. The van der Waals surface area contributed by atoms with E-state index in [0.717, 1.165) is 17.9 Å². The van der Waals surface area contributed by atoms with Gasteiger partial charge in [0, 0.05) is 6.04 Å². The van der Waals surface area contributed by atoms with E-state index in [9.17, 15) is 0 Å². The summed E-state index contributed by atoms with van der Waals surface area (Å²) in [5.74, 6) is 2.02. The second-order valence-corrected chi connectivity index (χ2v) is 6.08. The third-order valence-electron chi connectivity index (χ3n) is 4.85. The number of hydrogen-bond acceptors (Lipinski definition) is 1. The highest BCUT2D eigenvalue weighted by Crippen LogP contribution is 2.28. The summed E-state index contributed by atoms with van der Waals surface area (Å²) in [6.45, 7) is 3.67. The molecular weight excluding hydrogens is 194 g/mol. The summed E-state index contributed by atoms with van der Waals surface area (Å²) >= 11 is 0. The molecule has 2 aliphatic carbocycles.